The highest BCUT2D eigenvalue weighted by Crippen LogP contribution is 2.16. The Balaban J connectivity index is 2.35. The number of nitrogens with one attached hydrogen (secondary N) is 1. The second kappa shape index (κ2) is 6.48. The van der Waals surface area contributed by atoms with Gasteiger partial charge >= 0.3 is 5.97 Å². The van der Waals surface area contributed by atoms with Crippen LogP contribution in [0.15, 0.2) is 0 Å². The number of hydrogen-bond donors (Lipinski definition) is 2. The van der Waals surface area contributed by atoms with Crippen LogP contribution in [-0.4, -0.2) is 48.1 Å². The molecule has 0 saturated carbocycles. The summed E-state index contributed by atoms with van der Waals surface area (Å²) in [6.07, 6.45) is 2.46. The van der Waals surface area contributed by atoms with Crippen LogP contribution >= 0.6 is 0 Å². The van der Waals surface area contributed by atoms with Gasteiger partial charge in [-0.3, -0.25) is 9.59 Å². The third kappa shape index (κ3) is 3.81. The fraction of sp³-hybridized carbons (Fsp3) is 0.818. The normalized spacial score (nSPS) is 20.8. The summed E-state index contributed by atoms with van der Waals surface area (Å²) in [6.45, 7) is 4.24. The Labute approximate surface area is 95.8 Å². The molecule has 5 heteroatoms. The summed E-state index contributed by atoms with van der Waals surface area (Å²) in [5.74, 6) is -1.16. The molecule has 0 aromatic carbocycles. The summed E-state index contributed by atoms with van der Waals surface area (Å²) in [5.41, 5.74) is 0. The topological polar surface area (TPSA) is 69.6 Å². The van der Waals surface area contributed by atoms with Gasteiger partial charge in [-0.05, 0) is 25.8 Å². The molecule has 16 heavy (non-hydrogen) atoms. The predicted molar refractivity (Wildman–Crippen MR) is 60.1 cm³/mol. The number of hydrogen-bond acceptors (Lipinski definition) is 3. The fourth-order valence-electron chi connectivity index (χ4n) is 1.89. The van der Waals surface area contributed by atoms with E-state index in [1.165, 1.54) is 0 Å². The predicted octanol–water partition coefficient (Wildman–Crippen LogP) is 0.309. The maximum Gasteiger partial charge on any atom is 0.308 e. The molecule has 1 saturated heterocycles. The SMILES string of the molecule is CCCNCC(=O)N1CCC[C@@H](C(=O)O)C1. The Morgan fingerprint density at radius 2 is 2.25 bits per heavy atom. The van der Waals surface area contributed by atoms with Gasteiger partial charge in [-0.15, -0.1) is 0 Å². The first-order valence-corrected chi connectivity index (χ1v) is 5.86. The van der Waals surface area contributed by atoms with Gasteiger partial charge in [0.25, 0.3) is 0 Å². The summed E-state index contributed by atoms with van der Waals surface area (Å²) < 4.78 is 0. The van der Waals surface area contributed by atoms with E-state index in [0.717, 1.165) is 19.4 Å². The molecular weight excluding hydrogens is 208 g/mol. The quantitative estimate of drug-likeness (QED) is 0.664. The molecule has 0 spiro atoms. The molecule has 0 aromatic heterocycles. The van der Waals surface area contributed by atoms with E-state index in [0.29, 0.717) is 26.1 Å². The Morgan fingerprint density at radius 3 is 2.88 bits per heavy atom. The number of rotatable bonds is 5. The van der Waals surface area contributed by atoms with E-state index in [9.17, 15) is 9.59 Å². The lowest BCUT2D eigenvalue weighted by Crippen LogP contribution is -2.45. The van der Waals surface area contributed by atoms with E-state index in [4.69, 9.17) is 5.11 Å². The van der Waals surface area contributed by atoms with Gasteiger partial charge in [0.2, 0.25) is 5.91 Å². The van der Waals surface area contributed by atoms with Crippen LogP contribution in [0.5, 0.6) is 0 Å². The van der Waals surface area contributed by atoms with Crippen molar-refractivity contribution in [2.45, 2.75) is 26.2 Å². The number of likely N-dealkylation sites (tertiary alicyclic amines) is 1. The molecule has 1 aliphatic heterocycles. The Hall–Kier alpha value is -1.10. The largest absolute Gasteiger partial charge is 0.481 e. The van der Waals surface area contributed by atoms with Crippen LogP contribution in [0.25, 0.3) is 0 Å². The lowest BCUT2D eigenvalue weighted by Gasteiger charge is -2.30. The minimum absolute atomic E-state index is 0.0133. The number of nitrogens with zero attached hydrogens (tertiary/aromatic N) is 1. The highest BCUT2D eigenvalue weighted by molar-refractivity contribution is 5.79. The monoisotopic (exact) mass is 228 g/mol. The first-order chi connectivity index (χ1) is 7.65. The molecule has 1 fully saturated rings. The lowest BCUT2D eigenvalue weighted by atomic mass is 9.98. The summed E-state index contributed by atoms with van der Waals surface area (Å²) in [4.78, 5) is 24.2. The smallest absolute Gasteiger partial charge is 0.308 e. The van der Waals surface area contributed by atoms with E-state index < -0.39 is 5.97 Å². The first-order valence-electron chi connectivity index (χ1n) is 5.86. The van der Waals surface area contributed by atoms with Crippen LogP contribution in [0.3, 0.4) is 0 Å². The number of carbonyl (C=O) groups excluding carboxylic acids is 1. The maximum absolute atomic E-state index is 11.7. The number of piperidine rings is 1. The van der Waals surface area contributed by atoms with Crippen LogP contribution < -0.4 is 5.32 Å². The highest BCUT2D eigenvalue weighted by atomic mass is 16.4. The van der Waals surface area contributed by atoms with Gasteiger partial charge in [0.15, 0.2) is 0 Å². The van der Waals surface area contributed by atoms with Crippen molar-refractivity contribution in [3.05, 3.63) is 0 Å². The second-order valence-corrected chi connectivity index (χ2v) is 4.19. The van der Waals surface area contributed by atoms with Crippen LogP contribution in [0.1, 0.15) is 26.2 Å². The summed E-state index contributed by atoms with van der Waals surface area (Å²) in [7, 11) is 0. The van der Waals surface area contributed by atoms with Crippen LogP contribution in [0.4, 0.5) is 0 Å². The number of aliphatic carboxylic acids is 1. The van der Waals surface area contributed by atoms with E-state index >= 15 is 0 Å². The van der Waals surface area contributed by atoms with E-state index in [1.807, 2.05) is 6.92 Å². The molecule has 0 bridgehead atoms. The Bertz CT molecular complexity index is 256. The average Bonchev–Trinajstić information content (AvgIpc) is 2.29. The van der Waals surface area contributed by atoms with Crippen molar-refractivity contribution in [3.63, 3.8) is 0 Å². The van der Waals surface area contributed by atoms with Crippen LogP contribution in [0.2, 0.25) is 0 Å². The van der Waals surface area contributed by atoms with E-state index in [2.05, 4.69) is 5.32 Å². The van der Waals surface area contributed by atoms with Crippen molar-refractivity contribution in [3.8, 4) is 0 Å². The van der Waals surface area contributed by atoms with E-state index in [1.54, 1.807) is 4.90 Å². The molecule has 1 amide bonds. The van der Waals surface area contributed by atoms with Gasteiger partial charge in [-0.1, -0.05) is 6.92 Å². The maximum atomic E-state index is 11.7. The summed E-state index contributed by atoms with van der Waals surface area (Å²) >= 11 is 0. The van der Waals surface area contributed by atoms with Crippen LogP contribution in [-0.2, 0) is 9.59 Å². The van der Waals surface area contributed by atoms with Crippen molar-refractivity contribution in [2.24, 2.45) is 5.92 Å². The van der Waals surface area contributed by atoms with Crippen molar-refractivity contribution in [2.75, 3.05) is 26.2 Å². The standard InChI is InChI=1S/C11H20N2O3/c1-2-5-12-7-10(14)13-6-3-4-9(8-13)11(15)16/h9,12H,2-8H2,1H3,(H,15,16)/t9-/m1/s1. The summed E-state index contributed by atoms with van der Waals surface area (Å²) in [6, 6.07) is 0. The van der Waals surface area contributed by atoms with Crippen molar-refractivity contribution in [1.82, 2.24) is 10.2 Å². The average molecular weight is 228 g/mol. The number of carbonyl (C=O) groups is 2. The van der Waals surface area contributed by atoms with E-state index in [-0.39, 0.29) is 11.8 Å². The lowest BCUT2D eigenvalue weighted by molar-refractivity contribution is -0.145. The van der Waals surface area contributed by atoms with Crippen molar-refractivity contribution < 1.29 is 14.7 Å². The molecule has 2 N–H and O–H groups in total. The van der Waals surface area contributed by atoms with Crippen molar-refractivity contribution >= 4 is 11.9 Å². The van der Waals surface area contributed by atoms with Gasteiger partial charge in [0.1, 0.15) is 0 Å². The second-order valence-electron chi connectivity index (χ2n) is 4.19. The molecule has 0 unspecified atom stereocenters. The zero-order valence-electron chi connectivity index (χ0n) is 9.74. The number of carboxylic acids is 1. The number of amides is 1. The van der Waals surface area contributed by atoms with Gasteiger partial charge < -0.3 is 15.3 Å². The first kappa shape index (κ1) is 13.0. The molecule has 0 aliphatic carbocycles. The molecule has 0 aromatic rings. The van der Waals surface area contributed by atoms with Gasteiger partial charge in [0.05, 0.1) is 12.5 Å². The molecule has 1 rings (SSSR count). The minimum Gasteiger partial charge on any atom is -0.481 e. The molecule has 1 heterocycles. The van der Waals surface area contributed by atoms with Crippen LogP contribution in [0, 0.1) is 5.92 Å². The molecular formula is C11H20N2O3. The molecule has 92 valence electrons. The summed E-state index contributed by atoms with van der Waals surface area (Å²) in [5, 5.41) is 11.9. The molecule has 0 radical (unpaired) electrons. The Kier molecular flexibility index (Phi) is 5.25. The molecule has 1 atom stereocenters. The Morgan fingerprint density at radius 1 is 1.50 bits per heavy atom. The minimum atomic E-state index is -0.793. The highest BCUT2D eigenvalue weighted by Gasteiger charge is 2.27. The zero-order valence-corrected chi connectivity index (χ0v) is 9.74. The molecule has 1 aliphatic rings. The van der Waals surface area contributed by atoms with Gasteiger partial charge in [-0.2, -0.15) is 0 Å². The van der Waals surface area contributed by atoms with Crippen molar-refractivity contribution in [1.29, 1.82) is 0 Å². The van der Waals surface area contributed by atoms with Gasteiger partial charge in [0, 0.05) is 13.1 Å². The van der Waals surface area contributed by atoms with Gasteiger partial charge in [-0.25, -0.2) is 0 Å². The number of carboxylic acid groups (broad SMARTS) is 1. The third-order valence-corrected chi connectivity index (χ3v) is 2.83. The third-order valence-electron chi connectivity index (χ3n) is 2.83. The fourth-order valence-corrected chi connectivity index (χ4v) is 1.89. The molecule has 5 nitrogen and oxygen atoms in total. The zero-order chi connectivity index (χ0) is 12.0.